The summed E-state index contributed by atoms with van der Waals surface area (Å²) >= 11 is 0. The molecule has 1 aromatic carbocycles. The van der Waals surface area contributed by atoms with Gasteiger partial charge in [0.05, 0.1) is 6.61 Å². The average molecular weight is 354 g/mol. The predicted octanol–water partition coefficient (Wildman–Crippen LogP) is 2.51. The van der Waals surface area contributed by atoms with E-state index in [0.29, 0.717) is 19.0 Å². The fourth-order valence-electron chi connectivity index (χ4n) is 3.03. The van der Waals surface area contributed by atoms with Crippen molar-refractivity contribution in [3.63, 3.8) is 0 Å². The van der Waals surface area contributed by atoms with Crippen LogP contribution in [-0.4, -0.2) is 53.6 Å². The largest absolute Gasteiger partial charge is 0.478 e. The van der Waals surface area contributed by atoms with Gasteiger partial charge in [-0.2, -0.15) is 0 Å². The molecule has 1 aliphatic rings. The minimum atomic E-state index is -0.0147. The van der Waals surface area contributed by atoms with Gasteiger partial charge in [0.25, 0.3) is 0 Å². The van der Waals surface area contributed by atoms with Gasteiger partial charge in [0, 0.05) is 51.5 Å². The van der Waals surface area contributed by atoms with Crippen LogP contribution in [0, 0.1) is 0 Å². The molecule has 0 unspecified atom stereocenters. The van der Waals surface area contributed by atoms with E-state index in [0.717, 1.165) is 38.3 Å². The molecule has 0 aliphatic carbocycles. The lowest BCUT2D eigenvalue weighted by Crippen LogP contribution is -2.51. The molecule has 0 radical (unpaired) electrons. The van der Waals surface area contributed by atoms with E-state index in [1.165, 1.54) is 5.56 Å². The van der Waals surface area contributed by atoms with Gasteiger partial charge in [0.15, 0.2) is 0 Å². The van der Waals surface area contributed by atoms with Crippen LogP contribution in [0.1, 0.15) is 18.1 Å². The molecule has 1 N–H and O–H groups in total. The zero-order valence-corrected chi connectivity index (χ0v) is 15.2. The van der Waals surface area contributed by atoms with Crippen molar-refractivity contribution in [1.29, 1.82) is 0 Å². The summed E-state index contributed by atoms with van der Waals surface area (Å²) in [5.41, 5.74) is 2.30. The Labute approximate surface area is 154 Å². The van der Waals surface area contributed by atoms with Gasteiger partial charge in [-0.1, -0.05) is 30.3 Å². The monoisotopic (exact) mass is 354 g/mol. The second kappa shape index (κ2) is 9.20. The van der Waals surface area contributed by atoms with E-state index >= 15 is 0 Å². The predicted molar refractivity (Wildman–Crippen MR) is 101 cm³/mol. The molecule has 138 valence electrons. The van der Waals surface area contributed by atoms with Crippen molar-refractivity contribution in [3.8, 4) is 5.88 Å². The molecule has 2 amide bonds. The first kappa shape index (κ1) is 18.2. The number of carbonyl (C=O) groups is 1. The molecule has 26 heavy (non-hydrogen) atoms. The third kappa shape index (κ3) is 5.20. The molecule has 6 heteroatoms. The first-order valence-electron chi connectivity index (χ1n) is 9.11. The molecule has 2 aromatic rings. The van der Waals surface area contributed by atoms with Gasteiger partial charge in [-0.05, 0) is 24.1 Å². The summed E-state index contributed by atoms with van der Waals surface area (Å²) in [5.74, 6) is 0.591. The molecule has 6 nitrogen and oxygen atoms in total. The van der Waals surface area contributed by atoms with E-state index in [2.05, 4.69) is 39.5 Å². The van der Waals surface area contributed by atoms with Crippen molar-refractivity contribution in [3.05, 3.63) is 59.8 Å². The minimum Gasteiger partial charge on any atom is -0.478 e. The highest BCUT2D eigenvalue weighted by molar-refractivity contribution is 5.74. The zero-order valence-electron chi connectivity index (χ0n) is 15.2. The van der Waals surface area contributed by atoms with Crippen molar-refractivity contribution >= 4 is 6.03 Å². The van der Waals surface area contributed by atoms with Crippen LogP contribution in [0.25, 0.3) is 0 Å². The van der Waals surface area contributed by atoms with Gasteiger partial charge < -0.3 is 15.0 Å². The number of rotatable bonds is 6. The van der Waals surface area contributed by atoms with Crippen molar-refractivity contribution in [2.24, 2.45) is 0 Å². The highest BCUT2D eigenvalue weighted by Gasteiger charge is 2.20. The highest BCUT2D eigenvalue weighted by Crippen LogP contribution is 2.11. The molecule has 2 heterocycles. The Bertz CT molecular complexity index is 700. The number of hydrogen-bond acceptors (Lipinski definition) is 4. The van der Waals surface area contributed by atoms with Gasteiger partial charge in [0.2, 0.25) is 5.88 Å². The summed E-state index contributed by atoms with van der Waals surface area (Å²) < 4.78 is 5.39. The number of piperazine rings is 1. The van der Waals surface area contributed by atoms with Crippen LogP contribution in [0.3, 0.4) is 0 Å². The Hall–Kier alpha value is -2.60. The van der Waals surface area contributed by atoms with E-state index in [-0.39, 0.29) is 6.03 Å². The summed E-state index contributed by atoms with van der Waals surface area (Å²) in [4.78, 5) is 20.8. The zero-order chi connectivity index (χ0) is 18.2. The van der Waals surface area contributed by atoms with Crippen LogP contribution < -0.4 is 10.1 Å². The number of ether oxygens (including phenoxy) is 1. The number of hydrogen-bond donors (Lipinski definition) is 1. The minimum absolute atomic E-state index is 0.0147. The van der Waals surface area contributed by atoms with E-state index < -0.39 is 0 Å². The summed E-state index contributed by atoms with van der Waals surface area (Å²) in [6.45, 7) is 7.21. The van der Waals surface area contributed by atoms with Crippen LogP contribution in [0.5, 0.6) is 5.88 Å². The SMILES string of the molecule is CCOc1cc(CNC(=O)N2CCN(Cc3ccccc3)CC2)ccn1. The lowest BCUT2D eigenvalue weighted by atomic mass is 10.2. The Kier molecular flexibility index (Phi) is 6.44. The molecule has 0 bridgehead atoms. The lowest BCUT2D eigenvalue weighted by molar-refractivity contribution is 0.135. The number of nitrogens with zero attached hydrogens (tertiary/aromatic N) is 3. The molecule has 1 saturated heterocycles. The molecular weight excluding hydrogens is 328 g/mol. The van der Waals surface area contributed by atoms with E-state index in [4.69, 9.17) is 4.74 Å². The van der Waals surface area contributed by atoms with Crippen molar-refractivity contribution in [2.75, 3.05) is 32.8 Å². The second-order valence-electron chi connectivity index (χ2n) is 6.34. The van der Waals surface area contributed by atoms with Crippen LogP contribution in [-0.2, 0) is 13.1 Å². The first-order chi connectivity index (χ1) is 12.7. The fraction of sp³-hybridized carbons (Fsp3) is 0.400. The van der Waals surface area contributed by atoms with E-state index in [9.17, 15) is 4.79 Å². The van der Waals surface area contributed by atoms with E-state index in [1.807, 2.05) is 30.0 Å². The average Bonchev–Trinajstić information content (AvgIpc) is 2.68. The number of amides is 2. The third-order valence-corrected chi connectivity index (χ3v) is 4.44. The Balaban J connectivity index is 1.43. The Morgan fingerprint density at radius 1 is 1.12 bits per heavy atom. The maximum absolute atomic E-state index is 12.4. The standard InChI is InChI=1S/C20H26N4O2/c1-2-26-19-14-18(8-9-21-19)15-22-20(25)24-12-10-23(11-13-24)16-17-6-4-3-5-7-17/h3-9,14H,2,10-13,15-16H2,1H3,(H,22,25). The molecule has 3 rings (SSSR count). The lowest BCUT2D eigenvalue weighted by Gasteiger charge is -2.34. The molecule has 0 spiro atoms. The number of pyridine rings is 1. The summed E-state index contributed by atoms with van der Waals surface area (Å²) in [6, 6.07) is 14.2. The number of urea groups is 1. The maximum atomic E-state index is 12.4. The van der Waals surface area contributed by atoms with Crippen LogP contribution >= 0.6 is 0 Å². The highest BCUT2D eigenvalue weighted by atomic mass is 16.5. The summed E-state index contributed by atoms with van der Waals surface area (Å²) in [5, 5.41) is 2.99. The fourth-order valence-corrected chi connectivity index (χ4v) is 3.03. The van der Waals surface area contributed by atoms with Gasteiger partial charge in [-0.15, -0.1) is 0 Å². The molecule has 1 fully saturated rings. The second-order valence-corrected chi connectivity index (χ2v) is 6.34. The molecular formula is C20H26N4O2. The first-order valence-corrected chi connectivity index (χ1v) is 9.11. The molecule has 1 aromatic heterocycles. The number of carbonyl (C=O) groups excluding carboxylic acids is 1. The molecule has 1 aliphatic heterocycles. The normalized spacial score (nSPS) is 14.9. The Morgan fingerprint density at radius 3 is 2.62 bits per heavy atom. The molecule has 0 atom stereocenters. The number of benzene rings is 1. The van der Waals surface area contributed by atoms with Crippen molar-refractivity contribution in [2.45, 2.75) is 20.0 Å². The van der Waals surface area contributed by atoms with E-state index in [1.54, 1.807) is 6.20 Å². The maximum Gasteiger partial charge on any atom is 0.317 e. The summed E-state index contributed by atoms with van der Waals surface area (Å²) in [7, 11) is 0. The van der Waals surface area contributed by atoms with Crippen LogP contribution in [0.2, 0.25) is 0 Å². The smallest absolute Gasteiger partial charge is 0.317 e. The van der Waals surface area contributed by atoms with Gasteiger partial charge >= 0.3 is 6.03 Å². The Morgan fingerprint density at radius 2 is 1.88 bits per heavy atom. The van der Waals surface area contributed by atoms with Gasteiger partial charge in [-0.3, -0.25) is 4.90 Å². The number of aromatic nitrogens is 1. The van der Waals surface area contributed by atoms with Crippen LogP contribution in [0.4, 0.5) is 4.79 Å². The van der Waals surface area contributed by atoms with Gasteiger partial charge in [-0.25, -0.2) is 9.78 Å². The van der Waals surface area contributed by atoms with Gasteiger partial charge in [0.1, 0.15) is 0 Å². The van der Waals surface area contributed by atoms with Crippen LogP contribution in [0.15, 0.2) is 48.7 Å². The topological polar surface area (TPSA) is 57.7 Å². The van der Waals surface area contributed by atoms with Crippen molar-refractivity contribution in [1.82, 2.24) is 20.1 Å². The quantitative estimate of drug-likeness (QED) is 0.866. The van der Waals surface area contributed by atoms with Crippen molar-refractivity contribution < 1.29 is 9.53 Å². The third-order valence-electron chi connectivity index (χ3n) is 4.44. The molecule has 0 saturated carbocycles. The number of nitrogens with one attached hydrogen (secondary N) is 1. The summed E-state index contributed by atoms with van der Waals surface area (Å²) in [6.07, 6.45) is 1.70.